The molecule has 0 amide bonds. The molecule has 0 fully saturated rings. The van der Waals surface area contributed by atoms with Gasteiger partial charge in [0.1, 0.15) is 5.82 Å². The third-order valence-corrected chi connectivity index (χ3v) is 4.17. The molecule has 1 heterocycles. The largest absolute Gasteiger partial charge is 0.329 e. The van der Waals surface area contributed by atoms with Crippen molar-refractivity contribution in [1.82, 2.24) is 9.97 Å². The second-order valence-corrected chi connectivity index (χ2v) is 6.19. The van der Waals surface area contributed by atoms with E-state index in [9.17, 15) is 0 Å². The fourth-order valence-electron chi connectivity index (χ4n) is 2.67. The van der Waals surface area contributed by atoms with E-state index in [1.807, 2.05) is 12.3 Å². The number of aromatic nitrogens is 2. The average molecular weight is 267 g/mol. The van der Waals surface area contributed by atoms with E-state index in [1.54, 1.807) is 0 Å². The van der Waals surface area contributed by atoms with Gasteiger partial charge in [0.2, 0.25) is 0 Å². The molecular formula is C17H21N3. The van der Waals surface area contributed by atoms with Crippen LogP contribution >= 0.6 is 0 Å². The first kappa shape index (κ1) is 13.3. The maximum absolute atomic E-state index is 5.82. The third-order valence-electron chi connectivity index (χ3n) is 4.17. The highest BCUT2D eigenvalue weighted by molar-refractivity contribution is 5.61. The molecule has 0 bridgehead atoms. The zero-order valence-corrected chi connectivity index (χ0v) is 12.2. The van der Waals surface area contributed by atoms with Gasteiger partial charge >= 0.3 is 0 Å². The Kier molecular flexibility index (Phi) is 3.30. The van der Waals surface area contributed by atoms with Gasteiger partial charge in [-0.3, -0.25) is 0 Å². The van der Waals surface area contributed by atoms with Gasteiger partial charge in [-0.05, 0) is 42.5 Å². The molecule has 1 aliphatic rings. The molecule has 3 rings (SSSR count). The van der Waals surface area contributed by atoms with Gasteiger partial charge in [0.15, 0.2) is 0 Å². The summed E-state index contributed by atoms with van der Waals surface area (Å²) in [5.74, 6) is 0.818. The molecule has 0 saturated heterocycles. The molecule has 0 aliphatic heterocycles. The summed E-state index contributed by atoms with van der Waals surface area (Å²) >= 11 is 0. The van der Waals surface area contributed by atoms with E-state index in [0.717, 1.165) is 11.5 Å². The number of hydrogen-bond acceptors (Lipinski definition) is 3. The first-order valence-electron chi connectivity index (χ1n) is 7.26. The minimum atomic E-state index is -0.188. The molecular weight excluding hydrogens is 246 g/mol. The molecule has 1 aromatic heterocycles. The van der Waals surface area contributed by atoms with Crippen molar-refractivity contribution in [2.75, 3.05) is 6.54 Å². The monoisotopic (exact) mass is 267 g/mol. The van der Waals surface area contributed by atoms with Crippen LogP contribution in [0.3, 0.4) is 0 Å². The topological polar surface area (TPSA) is 51.8 Å². The summed E-state index contributed by atoms with van der Waals surface area (Å²) in [6, 6.07) is 8.68. The molecule has 1 aliphatic carbocycles. The van der Waals surface area contributed by atoms with Gasteiger partial charge in [0, 0.05) is 23.7 Å². The minimum absolute atomic E-state index is 0.188. The molecule has 1 aromatic carbocycles. The molecule has 104 valence electrons. The van der Waals surface area contributed by atoms with Crippen molar-refractivity contribution in [3.8, 4) is 11.3 Å². The van der Waals surface area contributed by atoms with Crippen LogP contribution in [0.4, 0.5) is 0 Å². The number of fused-ring (bicyclic) bond motifs is 1. The Balaban J connectivity index is 2.00. The van der Waals surface area contributed by atoms with Gasteiger partial charge in [-0.2, -0.15) is 0 Å². The summed E-state index contributed by atoms with van der Waals surface area (Å²) in [5.41, 5.74) is 10.8. The highest BCUT2D eigenvalue weighted by atomic mass is 14.9. The zero-order chi connectivity index (χ0) is 14.2. The van der Waals surface area contributed by atoms with Gasteiger partial charge in [0.25, 0.3) is 0 Å². The first-order chi connectivity index (χ1) is 9.60. The van der Waals surface area contributed by atoms with Crippen LogP contribution in [0.2, 0.25) is 0 Å². The fraction of sp³-hybridized carbons (Fsp3) is 0.412. The van der Waals surface area contributed by atoms with Crippen LogP contribution in [0.5, 0.6) is 0 Å². The van der Waals surface area contributed by atoms with Crippen molar-refractivity contribution in [2.24, 2.45) is 5.73 Å². The number of rotatable bonds is 3. The highest BCUT2D eigenvalue weighted by Gasteiger charge is 2.22. The molecule has 2 aromatic rings. The van der Waals surface area contributed by atoms with E-state index >= 15 is 0 Å². The lowest BCUT2D eigenvalue weighted by Gasteiger charge is -2.20. The van der Waals surface area contributed by atoms with E-state index in [-0.39, 0.29) is 5.41 Å². The first-order valence-corrected chi connectivity index (χ1v) is 7.26. The molecule has 3 heteroatoms. The van der Waals surface area contributed by atoms with Gasteiger partial charge in [0.05, 0.1) is 5.69 Å². The molecule has 3 nitrogen and oxygen atoms in total. The van der Waals surface area contributed by atoms with E-state index in [1.165, 1.54) is 36.0 Å². The van der Waals surface area contributed by atoms with Crippen molar-refractivity contribution in [1.29, 1.82) is 0 Å². The summed E-state index contributed by atoms with van der Waals surface area (Å²) in [4.78, 5) is 9.11. The Morgan fingerprint density at radius 1 is 1.15 bits per heavy atom. The Labute approximate surface area is 120 Å². The Bertz CT molecular complexity index is 632. The van der Waals surface area contributed by atoms with E-state index in [0.29, 0.717) is 6.54 Å². The normalized spacial score (nSPS) is 14.3. The summed E-state index contributed by atoms with van der Waals surface area (Å²) in [6.07, 6.45) is 5.51. The number of hydrogen-bond donors (Lipinski definition) is 1. The van der Waals surface area contributed by atoms with Crippen molar-refractivity contribution >= 4 is 0 Å². The molecule has 0 atom stereocenters. The summed E-state index contributed by atoms with van der Waals surface area (Å²) in [7, 11) is 0. The molecule has 20 heavy (non-hydrogen) atoms. The van der Waals surface area contributed by atoms with Crippen molar-refractivity contribution in [2.45, 2.75) is 38.5 Å². The third kappa shape index (κ3) is 2.34. The summed E-state index contributed by atoms with van der Waals surface area (Å²) in [6.45, 7) is 4.70. The van der Waals surface area contributed by atoms with E-state index in [4.69, 9.17) is 10.7 Å². The van der Waals surface area contributed by atoms with E-state index in [2.05, 4.69) is 37.0 Å². The SMILES string of the molecule is CC(C)(CN)c1nccc(-c2ccc3c(c2)CCC3)n1. The van der Waals surface area contributed by atoms with Crippen molar-refractivity contribution in [3.05, 3.63) is 47.4 Å². The van der Waals surface area contributed by atoms with Crippen molar-refractivity contribution < 1.29 is 0 Å². The predicted molar refractivity (Wildman–Crippen MR) is 81.6 cm³/mol. The summed E-state index contributed by atoms with van der Waals surface area (Å²) in [5, 5.41) is 0. The molecule has 0 unspecified atom stereocenters. The minimum Gasteiger partial charge on any atom is -0.329 e. The second-order valence-electron chi connectivity index (χ2n) is 6.19. The smallest absolute Gasteiger partial charge is 0.135 e. The van der Waals surface area contributed by atoms with Gasteiger partial charge in [-0.25, -0.2) is 9.97 Å². The highest BCUT2D eigenvalue weighted by Crippen LogP contribution is 2.28. The number of nitrogens with two attached hydrogens (primary N) is 1. The van der Waals surface area contributed by atoms with Crippen molar-refractivity contribution in [3.63, 3.8) is 0 Å². The average Bonchev–Trinajstić information content (AvgIpc) is 2.94. The molecule has 0 saturated carbocycles. The Morgan fingerprint density at radius 3 is 2.75 bits per heavy atom. The maximum atomic E-state index is 5.82. The fourth-order valence-corrected chi connectivity index (χ4v) is 2.67. The Morgan fingerprint density at radius 2 is 1.95 bits per heavy atom. The van der Waals surface area contributed by atoms with Gasteiger partial charge in [-0.15, -0.1) is 0 Å². The predicted octanol–water partition coefficient (Wildman–Crippen LogP) is 2.87. The van der Waals surface area contributed by atoms with Crippen LogP contribution in [-0.4, -0.2) is 16.5 Å². The summed E-state index contributed by atoms with van der Waals surface area (Å²) < 4.78 is 0. The standard InChI is InChI=1S/C17H21N3/c1-17(2,11-18)16-19-9-8-15(20-16)14-7-6-12-4-3-5-13(12)10-14/h6-10H,3-5,11,18H2,1-2H3. The van der Waals surface area contributed by atoms with Crippen LogP contribution in [0.1, 0.15) is 37.2 Å². The van der Waals surface area contributed by atoms with Crippen LogP contribution in [0, 0.1) is 0 Å². The molecule has 0 spiro atoms. The van der Waals surface area contributed by atoms with E-state index < -0.39 is 0 Å². The number of nitrogens with zero attached hydrogens (tertiary/aromatic N) is 2. The lowest BCUT2D eigenvalue weighted by Crippen LogP contribution is -2.30. The Hall–Kier alpha value is -1.74. The van der Waals surface area contributed by atoms with Gasteiger partial charge < -0.3 is 5.73 Å². The lowest BCUT2D eigenvalue weighted by atomic mass is 9.92. The number of aryl methyl sites for hydroxylation is 2. The molecule has 0 radical (unpaired) electrons. The second kappa shape index (κ2) is 4.98. The van der Waals surface area contributed by atoms with Crippen LogP contribution in [0.15, 0.2) is 30.5 Å². The quantitative estimate of drug-likeness (QED) is 0.930. The molecule has 2 N–H and O–H groups in total. The van der Waals surface area contributed by atoms with Crippen LogP contribution in [0.25, 0.3) is 11.3 Å². The maximum Gasteiger partial charge on any atom is 0.135 e. The van der Waals surface area contributed by atoms with Crippen LogP contribution in [-0.2, 0) is 18.3 Å². The van der Waals surface area contributed by atoms with Crippen LogP contribution < -0.4 is 5.73 Å². The zero-order valence-electron chi connectivity index (χ0n) is 12.2. The van der Waals surface area contributed by atoms with Gasteiger partial charge in [-0.1, -0.05) is 26.0 Å². The number of benzene rings is 1. The lowest BCUT2D eigenvalue weighted by molar-refractivity contribution is 0.503.